The van der Waals surface area contributed by atoms with E-state index in [4.69, 9.17) is 0 Å². The fourth-order valence-electron chi connectivity index (χ4n) is 2.19. The van der Waals surface area contributed by atoms with Crippen molar-refractivity contribution in [2.75, 3.05) is 18.5 Å². The van der Waals surface area contributed by atoms with Gasteiger partial charge in [-0.3, -0.25) is 9.78 Å². The highest BCUT2D eigenvalue weighted by Gasteiger charge is 2.25. The summed E-state index contributed by atoms with van der Waals surface area (Å²) < 4.78 is 27.6. The zero-order valence-electron chi connectivity index (χ0n) is 14.1. The van der Waals surface area contributed by atoms with Crippen molar-refractivity contribution in [1.29, 1.82) is 0 Å². The zero-order chi connectivity index (χ0) is 19.6. The van der Waals surface area contributed by atoms with Gasteiger partial charge in [0.1, 0.15) is 4.70 Å². The molecule has 144 valence electrons. The van der Waals surface area contributed by atoms with Crippen LogP contribution in [0.1, 0.15) is 12.5 Å². The number of thiazole rings is 1. The van der Waals surface area contributed by atoms with Crippen molar-refractivity contribution >= 4 is 39.3 Å². The Hall–Kier alpha value is -2.08. The van der Waals surface area contributed by atoms with Gasteiger partial charge in [0.05, 0.1) is 18.8 Å². The number of nitrogens with one attached hydrogen (secondary N) is 2. The maximum Gasteiger partial charge on any atom is 0.306 e. The number of nitrogens with zero attached hydrogens (tertiary/aromatic N) is 2. The van der Waals surface area contributed by atoms with Crippen molar-refractivity contribution in [1.82, 2.24) is 15.0 Å². The van der Waals surface area contributed by atoms with Crippen molar-refractivity contribution < 1.29 is 19.0 Å². The van der Waals surface area contributed by atoms with Crippen molar-refractivity contribution in [3.63, 3.8) is 0 Å². The van der Waals surface area contributed by atoms with Gasteiger partial charge >= 0.3 is 4.87 Å². The van der Waals surface area contributed by atoms with Crippen LogP contribution >= 0.6 is 23.1 Å². The van der Waals surface area contributed by atoms with Gasteiger partial charge in [0, 0.05) is 11.3 Å². The van der Waals surface area contributed by atoms with Crippen LogP contribution in [0.3, 0.4) is 0 Å². The summed E-state index contributed by atoms with van der Waals surface area (Å²) in [4.78, 5) is 22.5. The molecule has 3 rings (SSSR count). The number of aromatic amines is 1. The van der Waals surface area contributed by atoms with Gasteiger partial charge in [-0.25, -0.2) is 18.7 Å². The lowest BCUT2D eigenvalue weighted by molar-refractivity contribution is 0.147. The third-order valence-corrected chi connectivity index (χ3v) is 5.54. The lowest BCUT2D eigenvalue weighted by Crippen LogP contribution is -2.42. The summed E-state index contributed by atoms with van der Waals surface area (Å²) in [6.45, 7) is 0.849. The number of H-pyrrole nitrogens is 1. The number of benzene rings is 1. The highest BCUT2D eigenvalue weighted by atomic mass is 32.2. The normalized spacial score (nSPS) is 11.9. The molecule has 0 amide bonds. The van der Waals surface area contributed by atoms with E-state index in [1.54, 1.807) is 6.92 Å². The van der Waals surface area contributed by atoms with E-state index in [1.807, 2.05) is 0 Å². The fraction of sp³-hybridized carbons (Fsp3) is 0.312. The Morgan fingerprint density at radius 3 is 2.74 bits per heavy atom. The van der Waals surface area contributed by atoms with E-state index in [0.29, 0.717) is 4.70 Å². The predicted molar refractivity (Wildman–Crippen MR) is 100 cm³/mol. The highest BCUT2D eigenvalue weighted by molar-refractivity contribution is 7.98. The Labute approximate surface area is 160 Å². The van der Waals surface area contributed by atoms with Crippen LogP contribution in [0.25, 0.3) is 10.3 Å². The van der Waals surface area contributed by atoms with Crippen LogP contribution in [-0.2, 0) is 5.75 Å². The van der Waals surface area contributed by atoms with Crippen LogP contribution in [0.2, 0.25) is 0 Å². The third-order valence-electron chi connectivity index (χ3n) is 3.77. The van der Waals surface area contributed by atoms with Gasteiger partial charge in [-0.05, 0) is 13.0 Å². The second kappa shape index (κ2) is 7.89. The number of aromatic nitrogens is 3. The minimum atomic E-state index is -1.06. The van der Waals surface area contributed by atoms with E-state index in [0.717, 1.165) is 29.2 Å². The largest absolute Gasteiger partial charge is 0.394 e. The molecule has 27 heavy (non-hydrogen) atoms. The average Bonchev–Trinajstić information content (AvgIpc) is 3.03. The predicted octanol–water partition coefficient (Wildman–Crippen LogP) is 2.11. The molecule has 7 nitrogen and oxygen atoms in total. The van der Waals surface area contributed by atoms with E-state index < -0.39 is 17.2 Å². The van der Waals surface area contributed by atoms with Gasteiger partial charge in [-0.15, -0.1) is 0 Å². The van der Waals surface area contributed by atoms with Crippen molar-refractivity contribution in [2.24, 2.45) is 0 Å². The van der Waals surface area contributed by atoms with Gasteiger partial charge in [0.2, 0.25) is 0 Å². The Kier molecular flexibility index (Phi) is 5.75. The molecule has 2 aromatic heterocycles. The van der Waals surface area contributed by atoms with E-state index in [-0.39, 0.29) is 46.0 Å². The van der Waals surface area contributed by atoms with Crippen LogP contribution in [0.15, 0.2) is 28.2 Å². The molecule has 2 heterocycles. The molecule has 0 spiro atoms. The van der Waals surface area contributed by atoms with Crippen molar-refractivity contribution in [2.45, 2.75) is 23.4 Å². The number of hydrogen-bond donors (Lipinski definition) is 4. The minimum Gasteiger partial charge on any atom is -0.394 e. The number of hydrogen-bond acceptors (Lipinski definition) is 8. The summed E-state index contributed by atoms with van der Waals surface area (Å²) in [5.74, 6) is -1.52. The molecule has 0 radical (unpaired) electrons. The van der Waals surface area contributed by atoms with E-state index >= 15 is 0 Å². The number of aliphatic hydroxyl groups is 2. The molecule has 4 N–H and O–H groups in total. The SMILES string of the molecule is CC(CO)(CO)Nc1nc(SCc2cccc(F)c2F)nc2[nH]c(=O)sc12. The first-order chi connectivity index (χ1) is 12.8. The minimum absolute atomic E-state index is 0.0835. The molecule has 3 aromatic rings. The fourth-order valence-corrected chi connectivity index (χ4v) is 3.73. The average molecular weight is 414 g/mol. The lowest BCUT2D eigenvalue weighted by atomic mass is 10.1. The standard InChI is InChI=1S/C16H16F2N4O3S2/c1-16(6-23,7-24)22-13-11-12(21-15(25)27-11)19-14(20-13)26-5-8-3-2-4-9(17)10(8)18/h2-4,23-24H,5-7H2,1H3,(H2,19,20,21,22,25). The number of fused-ring (bicyclic) bond motifs is 1. The maximum absolute atomic E-state index is 13.8. The first-order valence-electron chi connectivity index (χ1n) is 7.81. The Morgan fingerprint density at radius 1 is 1.30 bits per heavy atom. The quantitative estimate of drug-likeness (QED) is 0.346. The molecule has 0 aliphatic rings. The summed E-state index contributed by atoms with van der Waals surface area (Å²) in [5.41, 5.74) is -0.624. The summed E-state index contributed by atoms with van der Waals surface area (Å²) in [5, 5.41) is 22.1. The zero-order valence-corrected chi connectivity index (χ0v) is 15.8. The van der Waals surface area contributed by atoms with E-state index in [1.165, 1.54) is 12.1 Å². The van der Waals surface area contributed by atoms with Gasteiger partial charge in [-0.2, -0.15) is 0 Å². The molecule has 0 aliphatic heterocycles. The van der Waals surface area contributed by atoms with E-state index in [2.05, 4.69) is 20.3 Å². The van der Waals surface area contributed by atoms with Crippen molar-refractivity contribution in [3.8, 4) is 0 Å². The molecule has 0 fully saturated rings. The van der Waals surface area contributed by atoms with E-state index in [9.17, 15) is 23.8 Å². The first-order valence-corrected chi connectivity index (χ1v) is 9.62. The number of thioether (sulfide) groups is 1. The summed E-state index contributed by atoms with van der Waals surface area (Å²) >= 11 is 1.95. The summed E-state index contributed by atoms with van der Waals surface area (Å²) in [6.07, 6.45) is 0. The Bertz CT molecular complexity index is 1020. The Balaban J connectivity index is 1.94. The molecule has 0 unspecified atom stereocenters. The van der Waals surface area contributed by atoms with Gasteiger partial charge in [0.15, 0.2) is 28.3 Å². The van der Waals surface area contributed by atoms with Gasteiger partial charge in [0.25, 0.3) is 0 Å². The molecule has 11 heteroatoms. The molecular weight excluding hydrogens is 398 g/mol. The third kappa shape index (κ3) is 4.26. The molecule has 0 bridgehead atoms. The van der Waals surface area contributed by atoms with Crippen LogP contribution in [0.4, 0.5) is 14.6 Å². The number of rotatable bonds is 7. The molecule has 0 saturated heterocycles. The summed E-state index contributed by atoms with van der Waals surface area (Å²) in [6, 6.07) is 3.91. The number of aliphatic hydroxyl groups excluding tert-OH is 2. The summed E-state index contributed by atoms with van der Waals surface area (Å²) in [7, 11) is 0. The first kappa shape index (κ1) is 19.7. The molecule has 0 aliphatic carbocycles. The number of anilines is 1. The lowest BCUT2D eigenvalue weighted by Gasteiger charge is -2.27. The van der Waals surface area contributed by atoms with Crippen LogP contribution in [-0.4, -0.2) is 43.9 Å². The van der Waals surface area contributed by atoms with Crippen LogP contribution in [0.5, 0.6) is 0 Å². The molecule has 1 aromatic carbocycles. The second-order valence-corrected chi connectivity index (χ2v) is 7.98. The van der Waals surface area contributed by atoms with Crippen LogP contribution < -0.4 is 10.2 Å². The smallest absolute Gasteiger partial charge is 0.306 e. The van der Waals surface area contributed by atoms with Gasteiger partial charge in [-0.1, -0.05) is 35.2 Å². The number of halogens is 2. The monoisotopic (exact) mass is 414 g/mol. The van der Waals surface area contributed by atoms with Crippen LogP contribution in [0, 0.1) is 11.6 Å². The molecule has 0 atom stereocenters. The topological polar surface area (TPSA) is 111 Å². The highest BCUT2D eigenvalue weighted by Crippen LogP contribution is 2.29. The van der Waals surface area contributed by atoms with Crippen molar-refractivity contribution in [3.05, 3.63) is 45.1 Å². The molecule has 0 saturated carbocycles. The maximum atomic E-state index is 13.8. The molecular formula is C16H16F2N4O3S2. The Morgan fingerprint density at radius 2 is 2.04 bits per heavy atom. The van der Waals surface area contributed by atoms with Gasteiger partial charge < -0.3 is 15.5 Å². The second-order valence-electron chi connectivity index (χ2n) is 6.05.